The number of fused-ring (bicyclic) bond motifs is 1. The monoisotopic (exact) mass is 222 g/mol. The first-order valence-electron chi connectivity index (χ1n) is 3.64. The maximum atomic E-state index is 9.37. The van der Waals surface area contributed by atoms with Crippen LogP contribution < -0.4 is 0 Å². The number of hydrogen-bond donors (Lipinski definition) is 1. The van der Waals surface area contributed by atoms with E-state index in [1.807, 2.05) is 30.3 Å². The summed E-state index contributed by atoms with van der Waals surface area (Å²) < 4.78 is 0.737. The first kappa shape index (κ1) is 7.62. The van der Waals surface area contributed by atoms with Crippen LogP contribution in [-0.2, 0) is 0 Å². The Morgan fingerprint density at radius 2 is 1.58 bits per heavy atom. The Labute approximate surface area is 78.8 Å². The van der Waals surface area contributed by atoms with Crippen LogP contribution >= 0.6 is 15.9 Å². The third-order valence-corrected chi connectivity index (χ3v) is 2.45. The van der Waals surface area contributed by atoms with Gasteiger partial charge in [-0.25, -0.2) is 0 Å². The summed E-state index contributed by atoms with van der Waals surface area (Å²) >= 11 is 3.27. The van der Waals surface area contributed by atoms with Crippen molar-refractivity contribution in [3.8, 4) is 5.75 Å². The van der Waals surface area contributed by atoms with Crippen molar-refractivity contribution in [2.75, 3.05) is 0 Å². The van der Waals surface area contributed by atoms with Crippen molar-refractivity contribution in [2.24, 2.45) is 0 Å². The molecule has 0 bridgehead atoms. The van der Waals surface area contributed by atoms with Crippen LogP contribution in [0.1, 0.15) is 0 Å². The Bertz CT molecular complexity index is 383. The molecule has 2 aromatic rings. The standard InChI is InChI=1S/C10H7BrO/c11-9-5-7-3-1-2-4-8(7)6-10(9)12/h1-6,12H. The first-order valence-corrected chi connectivity index (χ1v) is 4.44. The van der Waals surface area contributed by atoms with Gasteiger partial charge in [-0.05, 0) is 38.8 Å². The highest BCUT2D eigenvalue weighted by Gasteiger charge is 1.98. The van der Waals surface area contributed by atoms with Gasteiger partial charge in [0.05, 0.1) is 4.47 Å². The maximum Gasteiger partial charge on any atom is 0.130 e. The van der Waals surface area contributed by atoms with Gasteiger partial charge in [-0.15, -0.1) is 0 Å². The van der Waals surface area contributed by atoms with Gasteiger partial charge < -0.3 is 5.11 Å². The van der Waals surface area contributed by atoms with Gasteiger partial charge >= 0.3 is 0 Å². The predicted octanol–water partition coefficient (Wildman–Crippen LogP) is 3.31. The quantitative estimate of drug-likeness (QED) is 0.726. The van der Waals surface area contributed by atoms with Crippen LogP contribution in [0.4, 0.5) is 0 Å². The van der Waals surface area contributed by atoms with Crippen molar-refractivity contribution in [1.29, 1.82) is 0 Å². The van der Waals surface area contributed by atoms with Crippen LogP contribution in [0.5, 0.6) is 5.75 Å². The molecule has 0 aliphatic rings. The summed E-state index contributed by atoms with van der Waals surface area (Å²) in [5.74, 6) is 0.286. The lowest BCUT2D eigenvalue weighted by Crippen LogP contribution is -1.73. The second-order valence-electron chi connectivity index (χ2n) is 2.65. The normalized spacial score (nSPS) is 10.4. The second-order valence-corrected chi connectivity index (χ2v) is 3.51. The van der Waals surface area contributed by atoms with E-state index < -0.39 is 0 Å². The molecule has 12 heavy (non-hydrogen) atoms. The SMILES string of the molecule is Oc1cc2ccccc2cc1Br. The average Bonchev–Trinajstić information content (AvgIpc) is 2.07. The van der Waals surface area contributed by atoms with Gasteiger partial charge in [0.1, 0.15) is 5.75 Å². The molecule has 0 aliphatic carbocycles. The Balaban J connectivity index is 2.84. The zero-order valence-corrected chi connectivity index (χ0v) is 7.88. The van der Waals surface area contributed by atoms with E-state index >= 15 is 0 Å². The van der Waals surface area contributed by atoms with E-state index in [0.29, 0.717) is 0 Å². The Morgan fingerprint density at radius 1 is 1.00 bits per heavy atom. The molecule has 1 nitrogen and oxygen atoms in total. The van der Waals surface area contributed by atoms with Gasteiger partial charge in [0.15, 0.2) is 0 Å². The summed E-state index contributed by atoms with van der Waals surface area (Å²) in [5, 5.41) is 11.6. The van der Waals surface area contributed by atoms with Gasteiger partial charge in [-0.2, -0.15) is 0 Å². The number of phenols is 1. The summed E-state index contributed by atoms with van der Waals surface area (Å²) in [6.07, 6.45) is 0. The highest BCUT2D eigenvalue weighted by Crippen LogP contribution is 2.28. The average molecular weight is 223 g/mol. The van der Waals surface area contributed by atoms with E-state index in [1.54, 1.807) is 6.07 Å². The number of halogens is 1. The van der Waals surface area contributed by atoms with Gasteiger partial charge in [-0.1, -0.05) is 24.3 Å². The third kappa shape index (κ3) is 1.18. The minimum atomic E-state index is 0.286. The molecule has 0 aliphatic heterocycles. The molecule has 0 radical (unpaired) electrons. The minimum Gasteiger partial charge on any atom is -0.507 e. The molecule has 0 aromatic heterocycles. The molecule has 0 fully saturated rings. The van der Waals surface area contributed by atoms with E-state index in [-0.39, 0.29) is 5.75 Å². The molecule has 0 atom stereocenters. The largest absolute Gasteiger partial charge is 0.507 e. The zero-order chi connectivity index (χ0) is 8.55. The predicted molar refractivity (Wildman–Crippen MR) is 53.3 cm³/mol. The smallest absolute Gasteiger partial charge is 0.130 e. The lowest BCUT2D eigenvalue weighted by Gasteiger charge is -2.00. The lowest BCUT2D eigenvalue weighted by molar-refractivity contribution is 0.473. The maximum absolute atomic E-state index is 9.37. The number of phenolic OH excluding ortho intramolecular Hbond substituents is 1. The van der Waals surface area contributed by atoms with Gasteiger partial charge in [-0.3, -0.25) is 0 Å². The summed E-state index contributed by atoms with van der Waals surface area (Å²) in [7, 11) is 0. The minimum absolute atomic E-state index is 0.286. The molecule has 0 saturated heterocycles. The molecule has 0 unspecified atom stereocenters. The van der Waals surface area contributed by atoms with E-state index in [4.69, 9.17) is 0 Å². The van der Waals surface area contributed by atoms with Crippen molar-refractivity contribution < 1.29 is 5.11 Å². The fraction of sp³-hybridized carbons (Fsp3) is 0. The van der Waals surface area contributed by atoms with Crippen LogP contribution in [0.2, 0.25) is 0 Å². The van der Waals surface area contributed by atoms with Gasteiger partial charge in [0, 0.05) is 0 Å². The molecule has 0 saturated carbocycles. The molecule has 2 heteroatoms. The van der Waals surface area contributed by atoms with E-state index in [1.165, 1.54) is 0 Å². The molecule has 60 valence electrons. The Morgan fingerprint density at radius 3 is 2.25 bits per heavy atom. The third-order valence-electron chi connectivity index (χ3n) is 1.82. The lowest BCUT2D eigenvalue weighted by atomic mass is 10.1. The first-order chi connectivity index (χ1) is 5.77. The van der Waals surface area contributed by atoms with Crippen molar-refractivity contribution in [3.63, 3.8) is 0 Å². The number of aromatic hydroxyl groups is 1. The topological polar surface area (TPSA) is 20.2 Å². The molecule has 1 N–H and O–H groups in total. The van der Waals surface area contributed by atoms with Gasteiger partial charge in [0.2, 0.25) is 0 Å². The van der Waals surface area contributed by atoms with E-state index in [9.17, 15) is 5.11 Å². The van der Waals surface area contributed by atoms with Crippen LogP contribution in [0.15, 0.2) is 40.9 Å². The Kier molecular flexibility index (Phi) is 1.77. The summed E-state index contributed by atoms with van der Waals surface area (Å²) in [6.45, 7) is 0. The molecular weight excluding hydrogens is 216 g/mol. The summed E-state index contributed by atoms with van der Waals surface area (Å²) in [4.78, 5) is 0. The number of hydrogen-bond acceptors (Lipinski definition) is 1. The molecule has 0 spiro atoms. The van der Waals surface area contributed by atoms with E-state index in [0.717, 1.165) is 15.2 Å². The number of benzene rings is 2. The molecular formula is C10H7BrO. The van der Waals surface area contributed by atoms with E-state index in [2.05, 4.69) is 15.9 Å². The highest BCUT2D eigenvalue weighted by molar-refractivity contribution is 9.10. The van der Waals surface area contributed by atoms with Crippen LogP contribution in [0, 0.1) is 0 Å². The van der Waals surface area contributed by atoms with Gasteiger partial charge in [0.25, 0.3) is 0 Å². The highest BCUT2D eigenvalue weighted by atomic mass is 79.9. The molecule has 0 heterocycles. The Hall–Kier alpha value is -1.02. The zero-order valence-electron chi connectivity index (χ0n) is 6.29. The fourth-order valence-corrected chi connectivity index (χ4v) is 1.56. The summed E-state index contributed by atoms with van der Waals surface area (Å²) in [6, 6.07) is 11.6. The molecule has 2 rings (SSSR count). The van der Waals surface area contributed by atoms with Crippen LogP contribution in [0.3, 0.4) is 0 Å². The van der Waals surface area contributed by atoms with Crippen LogP contribution in [0.25, 0.3) is 10.8 Å². The summed E-state index contributed by atoms with van der Waals surface area (Å²) in [5.41, 5.74) is 0. The number of rotatable bonds is 0. The fourth-order valence-electron chi connectivity index (χ4n) is 1.20. The van der Waals surface area contributed by atoms with Crippen molar-refractivity contribution in [3.05, 3.63) is 40.9 Å². The van der Waals surface area contributed by atoms with Crippen molar-refractivity contribution >= 4 is 26.7 Å². The van der Waals surface area contributed by atoms with Crippen molar-refractivity contribution in [2.45, 2.75) is 0 Å². The van der Waals surface area contributed by atoms with Crippen molar-refractivity contribution in [1.82, 2.24) is 0 Å². The molecule has 2 aromatic carbocycles. The second kappa shape index (κ2) is 2.79. The molecule has 0 amide bonds. The van der Waals surface area contributed by atoms with Crippen LogP contribution in [-0.4, -0.2) is 5.11 Å².